The maximum Gasteiger partial charge on any atom is 0.426 e. The molecule has 0 radical (unpaired) electrons. The summed E-state index contributed by atoms with van der Waals surface area (Å²) in [6.07, 6.45) is -1.15. The van der Waals surface area contributed by atoms with Crippen LogP contribution in [0.5, 0.6) is 0 Å². The van der Waals surface area contributed by atoms with E-state index in [0.717, 1.165) is 11.1 Å². The fraction of sp³-hybridized carbons (Fsp3) is 0.533. The van der Waals surface area contributed by atoms with Crippen LogP contribution in [-0.4, -0.2) is 40.6 Å². The first-order chi connectivity index (χ1) is 18.2. The maximum atomic E-state index is 14.9. The fourth-order valence-electron chi connectivity index (χ4n) is 7.89. The molecule has 6 rings (SSSR count). The summed E-state index contributed by atoms with van der Waals surface area (Å²) in [7, 11) is 0. The quantitative estimate of drug-likeness (QED) is 0.461. The van der Waals surface area contributed by atoms with Crippen LogP contribution < -0.4 is 0 Å². The fourth-order valence-corrected chi connectivity index (χ4v) is 7.89. The number of hydrogen-bond acceptors (Lipinski definition) is 2. The number of alkyl halides is 4. The second-order valence-corrected chi connectivity index (χ2v) is 12.4. The van der Waals surface area contributed by atoms with Crippen molar-refractivity contribution in [2.24, 2.45) is 17.3 Å². The normalized spacial score (nSPS) is 32.7. The van der Waals surface area contributed by atoms with Gasteiger partial charge in [0, 0.05) is 23.9 Å². The molecule has 2 saturated carbocycles. The Balaban J connectivity index is 1.29. The van der Waals surface area contributed by atoms with Crippen molar-refractivity contribution in [2.75, 3.05) is 6.54 Å². The van der Waals surface area contributed by atoms with E-state index in [9.17, 15) is 36.6 Å². The van der Waals surface area contributed by atoms with Crippen LogP contribution in [0.4, 0.5) is 22.0 Å². The number of carbonyl (C=O) groups is 2. The standard InChI is InChI=1S/C30H30F5NO3/c1-27(32,30(33,34)35)21-4-7-23-18(10-21)11-24-29(23,12-17-2-5-22(31)6-3-17)8-9-36(24)25(37)19-13-28(14-19)15-20(16-28)26(38)39/h2-7,10,19-20,24H,8-9,11-16H2,1H3,(H,38,39). The van der Waals surface area contributed by atoms with E-state index < -0.39 is 28.8 Å². The van der Waals surface area contributed by atoms with Gasteiger partial charge in [-0.05, 0) is 91.7 Å². The van der Waals surface area contributed by atoms with Crippen molar-refractivity contribution >= 4 is 11.9 Å². The Morgan fingerprint density at radius 2 is 1.64 bits per heavy atom. The molecule has 4 nitrogen and oxygen atoms in total. The Morgan fingerprint density at radius 1 is 1.00 bits per heavy atom. The van der Waals surface area contributed by atoms with E-state index in [0.29, 0.717) is 64.0 Å². The minimum Gasteiger partial charge on any atom is -0.481 e. The van der Waals surface area contributed by atoms with Crippen molar-refractivity contribution in [2.45, 2.75) is 75.2 Å². The number of carbonyl (C=O) groups excluding carboxylic acids is 1. The van der Waals surface area contributed by atoms with Crippen LogP contribution >= 0.6 is 0 Å². The van der Waals surface area contributed by atoms with E-state index in [4.69, 9.17) is 0 Å². The van der Waals surface area contributed by atoms with Gasteiger partial charge in [-0.25, -0.2) is 8.78 Å². The molecule has 3 atom stereocenters. The van der Waals surface area contributed by atoms with E-state index in [-0.39, 0.29) is 35.0 Å². The molecule has 1 aliphatic heterocycles. The van der Waals surface area contributed by atoms with Crippen LogP contribution in [0.15, 0.2) is 42.5 Å². The molecule has 9 heteroatoms. The molecule has 1 amide bonds. The number of hydrogen-bond donors (Lipinski definition) is 1. The average Bonchev–Trinajstić information content (AvgIpc) is 3.30. The Morgan fingerprint density at radius 3 is 2.26 bits per heavy atom. The molecule has 1 saturated heterocycles. The van der Waals surface area contributed by atoms with Crippen molar-refractivity contribution in [1.29, 1.82) is 0 Å². The molecule has 208 valence electrons. The molecular formula is C30H30F5NO3. The topological polar surface area (TPSA) is 57.6 Å². The Labute approximate surface area is 223 Å². The number of nitrogens with zero attached hydrogens (tertiary/aromatic N) is 1. The van der Waals surface area contributed by atoms with Crippen LogP contribution in [0.1, 0.15) is 61.3 Å². The molecule has 0 aromatic heterocycles. The van der Waals surface area contributed by atoms with Crippen LogP contribution in [-0.2, 0) is 33.5 Å². The molecule has 2 aromatic carbocycles. The van der Waals surface area contributed by atoms with Gasteiger partial charge in [0.15, 0.2) is 0 Å². The van der Waals surface area contributed by atoms with Crippen molar-refractivity contribution in [3.63, 3.8) is 0 Å². The number of amides is 1. The van der Waals surface area contributed by atoms with Crippen molar-refractivity contribution < 1.29 is 36.6 Å². The Hall–Kier alpha value is -2.97. The van der Waals surface area contributed by atoms with Crippen molar-refractivity contribution in [3.05, 3.63) is 70.5 Å². The summed E-state index contributed by atoms with van der Waals surface area (Å²) < 4.78 is 68.9. The zero-order chi connectivity index (χ0) is 28.0. The summed E-state index contributed by atoms with van der Waals surface area (Å²) >= 11 is 0. The highest BCUT2D eigenvalue weighted by Gasteiger charge is 2.61. The van der Waals surface area contributed by atoms with Gasteiger partial charge >= 0.3 is 12.1 Å². The van der Waals surface area contributed by atoms with E-state index in [2.05, 4.69) is 0 Å². The predicted molar refractivity (Wildman–Crippen MR) is 132 cm³/mol. The van der Waals surface area contributed by atoms with Gasteiger partial charge in [-0.2, -0.15) is 13.2 Å². The highest BCUT2D eigenvalue weighted by molar-refractivity contribution is 5.82. The van der Waals surface area contributed by atoms with E-state index in [1.54, 1.807) is 18.2 Å². The zero-order valence-electron chi connectivity index (χ0n) is 21.5. The molecule has 1 heterocycles. The van der Waals surface area contributed by atoms with Crippen LogP contribution in [0, 0.1) is 23.1 Å². The lowest BCUT2D eigenvalue weighted by Gasteiger charge is -2.56. The number of aliphatic carboxylic acids is 1. The lowest BCUT2D eigenvalue weighted by atomic mass is 9.48. The highest BCUT2D eigenvalue weighted by Crippen LogP contribution is 2.62. The molecule has 0 bridgehead atoms. The van der Waals surface area contributed by atoms with Gasteiger partial charge in [-0.3, -0.25) is 9.59 Å². The molecule has 3 aliphatic carbocycles. The lowest BCUT2D eigenvalue weighted by molar-refractivity contribution is -0.228. The second-order valence-electron chi connectivity index (χ2n) is 12.4. The monoisotopic (exact) mass is 547 g/mol. The van der Waals surface area contributed by atoms with Crippen LogP contribution in [0.2, 0.25) is 0 Å². The summed E-state index contributed by atoms with van der Waals surface area (Å²) in [4.78, 5) is 26.8. The van der Waals surface area contributed by atoms with Gasteiger partial charge in [0.05, 0.1) is 5.92 Å². The second kappa shape index (κ2) is 8.51. The molecule has 3 unspecified atom stereocenters. The molecule has 39 heavy (non-hydrogen) atoms. The lowest BCUT2D eigenvalue weighted by Crippen LogP contribution is -2.55. The minimum absolute atomic E-state index is 0.00373. The van der Waals surface area contributed by atoms with E-state index in [1.165, 1.54) is 24.3 Å². The summed E-state index contributed by atoms with van der Waals surface area (Å²) in [6.45, 7) is 1.02. The summed E-state index contributed by atoms with van der Waals surface area (Å²) in [6, 6.07) is 9.90. The van der Waals surface area contributed by atoms with Gasteiger partial charge in [0.25, 0.3) is 0 Å². The van der Waals surface area contributed by atoms with Crippen molar-refractivity contribution in [1.82, 2.24) is 4.90 Å². The van der Waals surface area contributed by atoms with Gasteiger partial charge in [-0.1, -0.05) is 30.3 Å². The maximum absolute atomic E-state index is 14.9. The first-order valence-corrected chi connectivity index (χ1v) is 13.4. The summed E-state index contributed by atoms with van der Waals surface area (Å²) in [5.74, 6) is -1.70. The van der Waals surface area contributed by atoms with Crippen molar-refractivity contribution in [3.8, 4) is 0 Å². The molecule has 1 N–H and O–H groups in total. The van der Waals surface area contributed by atoms with Crippen LogP contribution in [0.3, 0.4) is 0 Å². The Bertz CT molecular complexity index is 1320. The third kappa shape index (κ3) is 3.98. The smallest absolute Gasteiger partial charge is 0.426 e. The summed E-state index contributed by atoms with van der Waals surface area (Å²) in [5.41, 5.74) is -2.31. The third-order valence-electron chi connectivity index (χ3n) is 10.1. The molecular weight excluding hydrogens is 517 g/mol. The number of rotatable bonds is 5. The molecule has 3 fully saturated rings. The number of fused-ring (bicyclic) bond motifs is 3. The first-order valence-electron chi connectivity index (χ1n) is 13.4. The SMILES string of the molecule is CC(F)(c1ccc2c(c1)CC1N(C(=O)C3CC4(CC(C(=O)O)C4)C3)CCC21Cc1ccc(F)cc1)C(F)(F)F. The zero-order valence-corrected chi connectivity index (χ0v) is 21.5. The van der Waals surface area contributed by atoms with Crippen LogP contribution in [0.25, 0.3) is 0 Å². The average molecular weight is 548 g/mol. The number of likely N-dealkylation sites (tertiary alicyclic amines) is 1. The van der Waals surface area contributed by atoms with Gasteiger partial charge in [-0.15, -0.1) is 0 Å². The number of halogens is 5. The molecule has 1 spiro atoms. The first kappa shape index (κ1) is 26.3. The van der Waals surface area contributed by atoms with Gasteiger partial charge < -0.3 is 10.0 Å². The van der Waals surface area contributed by atoms with Gasteiger partial charge in [0.1, 0.15) is 5.82 Å². The van der Waals surface area contributed by atoms with E-state index in [1.807, 2.05) is 4.90 Å². The Kier molecular flexibility index (Phi) is 5.73. The largest absolute Gasteiger partial charge is 0.481 e. The predicted octanol–water partition coefficient (Wildman–Crippen LogP) is 6.10. The third-order valence-corrected chi connectivity index (χ3v) is 10.1. The molecule has 4 aliphatic rings. The number of benzene rings is 2. The number of carboxylic acid groups (broad SMARTS) is 1. The van der Waals surface area contributed by atoms with E-state index >= 15 is 0 Å². The van der Waals surface area contributed by atoms with Gasteiger partial charge in [0.2, 0.25) is 11.6 Å². The number of carboxylic acids is 1. The minimum atomic E-state index is -5.06. The molecule has 2 aromatic rings. The highest BCUT2D eigenvalue weighted by atomic mass is 19.4. The summed E-state index contributed by atoms with van der Waals surface area (Å²) in [5, 5.41) is 9.22.